The van der Waals surface area contributed by atoms with Gasteiger partial charge in [0.25, 0.3) is 0 Å². The Morgan fingerprint density at radius 2 is 2.24 bits per heavy atom. The number of unbranched alkanes of at least 4 members (excludes halogenated alkanes) is 1. The number of carbonyl (C=O) groups is 2. The Labute approximate surface area is 101 Å². The first kappa shape index (κ1) is 14.0. The van der Waals surface area contributed by atoms with E-state index in [-0.39, 0.29) is 30.9 Å². The van der Waals surface area contributed by atoms with Gasteiger partial charge >= 0.3 is 11.9 Å². The topological polar surface area (TPSA) is 61.8 Å². The number of esters is 2. The van der Waals surface area contributed by atoms with Gasteiger partial charge in [0.15, 0.2) is 0 Å². The zero-order valence-electron chi connectivity index (χ0n) is 10.3. The Bertz CT molecular complexity index is 251. The number of hydrogen-bond donors (Lipinski definition) is 0. The highest BCUT2D eigenvalue weighted by Crippen LogP contribution is 2.18. The monoisotopic (exact) mass is 244 g/mol. The van der Waals surface area contributed by atoms with Gasteiger partial charge in [-0.25, -0.2) is 0 Å². The molecule has 1 saturated heterocycles. The lowest BCUT2D eigenvalue weighted by Gasteiger charge is -2.07. The third kappa shape index (κ3) is 5.68. The highest BCUT2D eigenvalue weighted by Gasteiger charge is 2.29. The van der Waals surface area contributed by atoms with Crippen LogP contribution in [0.5, 0.6) is 0 Å². The van der Waals surface area contributed by atoms with Crippen LogP contribution in [0.3, 0.4) is 0 Å². The Hall–Kier alpha value is -1.10. The van der Waals surface area contributed by atoms with Crippen LogP contribution >= 0.6 is 0 Å². The summed E-state index contributed by atoms with van der Waals surface area (Å²) in [5.74, 6) is -0.961. The van der Waals surface area contributed by atoms with Gasteiger partial charge in [0, 0.05) is 6.61 Å². The first-order valence-electron chi connectivity index (χ1n) is 6.14. The SMILES string of the molecule is CCCCOCCOC(=O)CC1CCOC1=O. The summed E-state index contributed by atoms with van der Waals surface area (Å²) in [7, 11) is 0. The number of rotatable bonds is 8. The van der Waals surface area contributed by atoms with Crippen molar-refractivity contribution < 1.29 is 23.8 Å². The standard InChI is InChI=1S/C12H20O5/c1-2-3-5-15-7-8-16-11(13)9-10-4-6-17-12(10)14/h10H,2-9H2,1H3. The van der Waals surface area contributed by atoms with Crippen LogP contribution in [0.15, 0.2) is 0 Å². The first-order chi connectivity index (χ1) is 8.24. The van der Waals surface area contributed by atoms with Crippen molar-refractivity contribution in [2.75, 3.05) is 26.4 Å². The van der Waals surface area contributed by atoms with E-state index in [0.717, 1.165) is 12.8 Å². The van der Waals surface area contributed by atoms with Crippen LogP contribution < -0.4 is 0 Å². The second-order valence-corrected chi connectivity index (χ2v) is 4.04. The normalized spacial score (nSPS) is 19.1. The van der Waals surface area contributed by atoms with Crippen molar-refractivity contribution in [2.45, 2.75) is 32.6 Å². The Kier molecular flexibility index (Phi) is 6.62. The predicted octanol–water partition coefficient (Wildman–Crippen LogP) is 1.30. The highest BCUT2D eigenvalue weighted by molar-refractivity contribution is 5.80. The molecule has 0 aromatic rings. The third-order valence-electron chi connectivity index (χ3n) is 2.59. The fraction of sp³-hybridized carbons (Fsp3) is 0.833. The molecule has 1 aliphatic heterocycles. The van der Waals surface area contributed by atoms with E-state index < -0.39 is 0 Å². The lowest BCUT2D eigenvalue weighted by molar-refractivity contribution is -0.151. The van der Waals surface area contributed by atoms with E-state index in [1.54, 1.807) is 0 Å². The summed E-state index contributed by atoms with van der Waals surface area (Å²) in [6.45, 7) is 3.87. The second kappa shape index (κ2) is 8.06. The number of hydrogen-bond acceptors (Lipinski definition) is 5. The van der Waals surface area contributed by atoms with Gasteiger partial charge in [-0.05, 0) is 12.8 Å². The molecule has 0 amide bonds. The predicted molar refractivity (Wildman–Crippen MR) is 60.4 cm³/mol. The van der Waals surface area contributed by atoms with Crippen LogP contribution in [0.2, 0.25) is 0 Å². The van der Waals surface area contributed by atoms with Crippen molar-refractivity contribution in [1.82, 2.24) is 0 Å². The molecule has 17 heavy (non-hydrogen) atoms. The van der Waals surface area contributed by atoms with Crippen molar-refractivity contribution in [3.05, 3.63) is 0 Å². The lowest BCUT2D eigenvalue weighted by Crippen LogP contribution is -2.17. The summed E-state index contributed by atoms with van der Waals surface area (Å²) >= 11 is 0. The molecule has 5 heteroatoms. The van der Waals surface area contributed by atoms with Crippen molar-refractivity contribution >= 4 is 11.9 Å². The molecule has 1 heterocycles. The minimum Gasteiger partial charge on any atom is -0.465 e. The average molecular weight is 244 g/mol. The molecule has 1 aliphatic rings. The molecule has 1 rings (SSSR count). The summed E-state index contributed by atoms with van der Waals surface area (Å²) in [6.07, 6.45) is 2.83. The van der Waals surface area contributed by atoms with Gasteiger partial charge < -0.3 is 14.2 Å². The number of carbonyl (C=O) groups excluding carboxylic acids is 2. The Morgan fingerprint density at radius 3 is 2.88 bits per heavy atom. The fourth-order valence-electron chi connectivity index (χ4n) is 1.55. The zero-order valence-corrected chi connectivity index (χ0v) is 10.3. The van der Waals surface area contributed by atoms with E-state index in [0.29, 0.717) is 26.2 Å². The summed E-state index contributed by atoms with van der Waals surface area (Å²) in [4.78, 5) is 22.5. The molecule has 0 aromatic heterocycles. The largest absolute Gasteiger partial charge is 0.465 e. The lowest BCUT2D eigenvalue weighted by atomic mass is 10.1. The van der Waals surface area contributed by atoms with Crippen LogP contribution in [0, 0.1) is 5.92 Å². The molecular formula is C12H20O5. The molecule has 1 atom stereocenters. The summed E-state index contributed by atoms with van der Waals surface area (Å²) in [5, 5.41) is 0. The summed E-state index contributed by atoms with van der Waals surface area (Å²) in [6, 6.07) is 0. The van der Waals surface area contributed by atoms with Gasteiger partial charge in [-0.1, -0.05) is 13.3 Å². The van der Waals surface area contributed by atoms with E-state index in [2.05, 4.69) is 6.92 Å². The third-order valence-corrected chi connectivity index (χ3v) is 2.59. The molecule has 0 spiro atoms. The zero-order chi connectivity index (χ0) is 12.5. The summed E-state index contributed by atoms with van der Waals surface area (Å²) < 4.78 is 15.0. The molecule has 5 nitrogen and oxygen atoms in total. The quantitative estimate of drug-likeness (QED) is 0.475. The van der Waals surface area contributed by atoms with Gasteiger partial charge in [0.05, 0.1) is 25.6 Å². The molecule has 0 radical (unpaired) electrons. The molecule has 0 aromatic carbocycles. The van der Waals surface area contributed by atoms with Crippen LogP contribution in [-0.4, -0.2) is 38.4 Å². The van der Waals surface area contributed by atoms with Crippen LogP contribution in [0.1, 0.15) is 32.6 Å². The average Bonchev–Trinajstić information content (AvgIpc) is 2.69. The minimum atomic E-state index is -0.354. The molecule has 0 aliphatic carbocycles. The fourth-order valence-corrected chi connectivity index (χ4v) is 1.55. The maximum atomic E-state index is 11.3. The second-order valence-electron chi connectivity index (χ2n) is 4.04. The Morgan fingerprint density at radius 1 is 1.41 bits per heavy atom. The van der Waals surface area contributed by atoms with Gasteiger partial charge in [0.1, 0.15) is 6.61 Å². The van der Waals surface area contributed by atoms with Crippen LogP contribution in [0.4, 0.5) is 0 Å². The van der Waals surface area contributed by atoms with Crippen molar-refractivity contribution in [3.63, 3.8) is 0 Å². The van der Waals surface area contributed by atoms with Crippen molar-refractivity contribution in [2.24, 2.45) is 5.92 Å². The van der Waals surface area contributed by atoms with E-state index in [1.807, 2.05) is 0 Å². The first-order valence-corrected chi connectivity index (χ1v) is 6.14. The van der Waals surface area contributed by atoms with Crippen LogP contribution in [0.25, 0.3) is 0 Å². The molecule has 0 bridgehead atoms. The van der Waals surface area contributed by atoms with Crippen LogP contribution in [-0.2, 0) is 23.8 Å². The van der Waals surface area contributed by atoms with Gasteiger partial charge in [0.2, 0.25) is 0 Å². The molecular weight excluding hydrogens is 224 g/mol. The van der Waals surface area contributed by atoms with E-state index in [4.69, 9.17) is 14.2 Å². The molecule has 0 saturated carbocycles. The Balaban J connectivity index is 1.99. The van der Waals surface area contributed by atoms with E-state index in [1.165, 1.54) is 0 Å². The van der Waals surface area contributed by atoms with E-state index >= 15 is 0 Å². The van der Waals surface area contributed by atoms with Crippen molar-refractivity contribution in [1.29, 1.82) is 0 Å². The van der Waals surface area contributed by atoms with Gasteiger partial charge in [-0.15, -0.1) is 0 Å². The summed E-state index contributed by atoms with van der Waals surface area (Å²) in [5.41, 5.74) is 0. The smallest absolute Gasteiger partial charge is 0.309 e. The molecule has 98 valence electrons. The van der Waals surface area contributed by atoms with E-state index in [9.17, 15) is 9.59 Å². The highest BCUT2D eigenvalue weighted by atomic mass is 16.6. The molecule has 0 N–H and O–H groups in total. The van der Waals surface area contributed by atoms with Gasteiger partial charge in [-0.2, -0.15) is 0 Å². The maximum absolute atomic E-state index is 11.3. The minimum absolute atomic E-state index is 0.119. The van der Waals surface area contributed by atoms with Crippen molar-refractivity contribution in [3.8, 4) is 0 Å². The molecule has 1 fully saturated rings. The molecule has 1 unspecified atom stereocenters. The maximum Gasteiger partial charge on any atom is 0.309 e. The number of cyclic esters (lactones) is 1. The van der Waals surface area contributed by atoms with Gasteiger partial charge in [-0.3, -0.25) is 9.59 Å². The number of ether oxygens (including phenoxy) is 3.